The lowest BCUT2D eigenvalue weighted by Crippen LogP contribution is -2.46. The minimum atomic E-state index is -0.899. The van der Waals surface area contributed by atoms with Crippen molar-refractivity contribution in [1.82, 2.24) is 16.0 Å². The second-order valence-electron chi connectivity index (χ2n) is 12.8. The number of benzene rings is 2. The maximum atomic E-state index is 13.7. The Morgan fingerprint density at radius 2 is 1.35 bits per heavy atom. The van der Waals surface area contributed by atoms with Crippen LogP contribution in [0, 0.1) is 23.7 Å². The predicted molar refractivity (Wildman–Crippen MR) is 189 cm³/mol. The summed E-state index contributed by atoms with van der Waals surface area (Å²) in [6, 6.07) is 18.1. The highest BCUT2D eigenvalue weighted by atomic mass is 16.2. The standard InChI is InChI=1S/C37H54N6O5/c1-5-28(20-26-13-8-6-9-14-26)35(47)42-24-31(44)22-30(19-25(2)3)36(48)43-32(17-12-18-41-37(39)40-4)33(45)23-29(34(38)46)21-27-15-10-7-11-16-27/h6-11,13-16,25,28-30,32H,5,12,17-24H2,1-4H3,(H2,38,46)(H,42,47)(H,43,48)(H3,39,40,41)/t28-,29+,30+,32-/m0/s1. The lowest BCUT2D eigenvalue weighted by atomic mass is 9.89. The number of guanidine groups is 1. The first-order chi connectivity index (χ1) is 22.9. The molecule has 48 heavy (non-hydrogen) atoms. The maximum absolute atomic E-state index is 13.7. The number of primary amides is 1. The summed E-state index contributed by atoms with van der Waals surface area (Å²) < 4.78 is 0. The number of nitrogens with zero attached hydrogens (tertiary/aromatic N) is 1. The Morgan fingerprint density at radius 3 is 1.88 bits per heavy atom. The molecule has 0 fully saturated rings. The highest BCUT2D eigenvalue weighted by Crippen LogP contribution is 2.19. The van der Waals surface area contributed by atoms with Gasteiger partial charge in [-0.2, -0.15) is 0 Å². The van der Waals surface area contributed by atoms with Gasteiger partial charge in [-0.1, -0.05) is 81.4 Å². The van der Waals surface area contributed by atoms with E-state index in [1.54, 1.807) is 7.05 Å². The normalized spacial score (nSPS) is 14.0. The summed E-state index contributed by atoms with van der Waals surface area (Å²) in [7, 11) is 1.56. The highest BCUT2D eigenvalue weighted by molar-refractivity contribution is 5.94. The first-order valence-electron chi connectivity index (χ1n) is 16.9. The van der Waals surface area contributed by atoms with Crippen molar-refractivity contribution < 1.29 is 24.0 Å². The SMILES string of the molecule is CC[C@@H](Cc1ccccc1)C(=O)NCC(=O)C[C@@H](CC(C)C)C(=O)N[C@@H](CCCNC(N)=NC)C(=O)C[C@@H](Cc1ccccc1)C(N)=O. The Hall–Kier alpha value is -4.54. The minimum Gasteiger partial charge on any atom is -0.370 e. The van der Waals surface area contributed by atoms with Crippen LogP contribution in [0.15, 0.2) is 65.7 Å². The predicted octanol–water partition coefficient (Wildman–Crippen LogP) is 3.10. The molecule has 2 aromatic rings. The number of rotatable bonds is 22. The van der Waals surface area contributed by atoms with Crippen molar-refractivity contribution in [1.29, 1.82) is 0 Å². The first kappa shape index (κ1) is 39.6. The van der Waals surface area contributed by atoms with Gasteiger partial charge in [0.15, 0.2) is 17.5 Å². The molecule has 2 aromatic carbocycles. The van der Waals surface area contributed by atoms with Gasteiger partial charge in [-0.3, -0.25) is 29.0 Å². The van der Waals surface area contributed by atoms with E-state index in [1.807, 2.05) is 81.4 Å². The summed E-state index contributed by atoms with van der Waals surface area (Å²) in [5, 5.41) is 8.60. The highest BCUT2D eigenvalue weighted by Gasteiger charge is 2.30. The summed E-state index contributed by atoms with van der Waals surface area (Å²) in [6.45, 7) is 6.09. The van der Waals surface area contributed by atoms with Crippen LogP contribution in [0.2, 0.25) is 0 Å². The first-order valence-corrected chi connectivity index (χ1v) is 16.9. The van der Waals surface area contributed by atoms with Gasteiger partial charge in [-0.15, -0.1) is 0 Å². The molecule has 262 valence electrons. The van der Waals surface area contributed by atoms with Gasteiger partial charge in [-0.25, -0.2) is 0 Å². The largest absolute Gasteiger partial charge is 0.370 e. The average Bonchev–Trinajstić information content (AvgIpc) is 3.07. The Kier molecular flexibility index (Phi) is 17.6. The van der Waals surface area contributed by atoms with Gasteiger partial charge >= 0.3 is 0 Å². The van der Waals surface area contributed by atoms with Gasteiger partial charge in [0.1, 0.15) is 0 Å². The Bertz CT molecular complexity index is 1350. The second-order valence-corrected chi connectivity index (χ2v) is 12.8. The summed E-state index contributed by atoms with van der Waals surface area (Å²) >= 11 is 0. The maximum Gasteiger partial charge on any atom is 0.224 e. The molecule has 0 bridgehead atoms. The van der Waals surface area contributed by atoms with Crippen molar-refractivity contribution in [2.75, 3.05) is 20.1 Å². The Morgan fingerprint density at radius 1 is 0.771 bits per heavy atom. The molecule has 0 aromatic heterocycles. The molecule has 0 heterocycles. The quantitative estimate of drug-likeness (QED) is 0.0728. The van der Waals surface area contributed by atoms with E-state index in [9.17, 15) is 24.0 Å². The number of hydrogen-bond acceptors (Lipinski definition) is 6. The third-order valence-electron chi connectivity index (χ3n) is 8.35. The molecule has 0 unspecified atom stereocenters. The molecule has 2 rings (SSSR count). The molecule has 0 saturated heterocycles. The van der Waals surface area contributed by atoms with Crippen molar-refractivity contribution in [2.45, 2.75) is 78.2 Å². The van der Waals surface area contributed by atoms with Crippen molar-refractivity contribution in [3.8, 4) is 0 Å². The third kappa shape index (κ3) is 14.9. The van der Waals surface area contributed by atoms with Crippen LogP contribution < -0.4 is 27.4 Å². The van der Waals surface area contributed by atoms with E-state index in [1.165, 1.54) is 0 Å². The fraction of sp³-hybridized carbons (Fsp3) is 0.514. The Balaban J connectivity index is 2.11. The lowest BCUT2D eigenvalue weighted by molar-refractivity contribution is -0.134. The number of amides is 3. The van der Waals surface area contributed by atoms with E-state index in [4.69, 9.17) is 11.5 Å². The van der Waals surface area contributed by atoms with E-state index in [0.717, 1.165) is 11.1 Å². The van der Waals surface area contributed by atoms with Crippen molar-refractivity contribution >= 4 is 35.2 Å². The number of carbonyl (C=O) groups is 5. The monoisotopic (exact) mass is 662 g/mol. The fourth-order valence-corrected chi connectivity index (χ4v) is 5.61. The number of aliphatic imine (C=N–C) groups is 1. The van der Waals surface area contributed by atoms with Crippen molar-refractivity contribution in [2.24, 2.45) is 40.1 Å². The van der Waals surface area contributed by atoms with E-state index >= 15 is 0 Å². The van der Waals surface area contributed by atoms with E-state index in [-0.39, 0.29) is 61.1 Å². The van der Waals surface area contributed by atoms with E-state index in [2.05, 4.69) is 20.9 Å². The number of hydrogen-bond donors (Lipinski definition) is 5. The topological polar surface area (TPSA) is 186 Å². The summed E-state index contributed by atoms with van der Waals surface area (Å²) in [6.07, 6.45) is 2.46. The zero-order valence-electron chi connectivity index (χ0n) is 28.9. The van der Waals surface area contributed by atoms with Gasteiger partial charge in [0.2, 0.25) is 17.7 Å². The molecular weight excluding hydrogens is 608 g/mol. The molecule has 11 heteroatoms. The zero-order valence-corrected chi connectivity index (χ0v) is 28.9. The van der Waals surface area contributed by atoms with Crippen LogP contribution >= 0.6 is 0 Å². The molecule has 3 amide bonds. The van der Waals surface area contributed by atoms with Gasteiger partial charge < -0.3 is 27.4 Å². The molecule has 0 aliphatic carbocycles. The average molecular weight is 663 g/mol. The van der Waals surface area contributed by atoms with Crippen LogP contribution in [-0.2, 0) is 36.8 Å². The molecule has 0 aliphatic heterocycles. The van der Waals surface area contributed by atoms with Crippen LogP contribution in [0.1, 0.15) is 70.4 Å². The van der Waals surface area contributed by atoms with E-state index < -0.39 is 29.7 Å². The molecule has 0 spiro atoms. The van der Waals surface area contributed by atoms with Crippen LogP contribution in [-0.4, -0.2) is 61.4 Å². The molecule has 7 N–H and O–H groups in total. The number of carbonyl (C=O) groups excluding carboxylic acids is 5. The van der Waals surface area contributed by atoms with Crippen molar-refractivity contribution in [3.05, 3.63) is 71.8 Å². The summed E-state index contributed by atoms with van der Waals surface area (Å²) in [5.41, 5.74) is 13.3. The second kappa shape index (κ2) is 21.4. The Labute approximate surface area is 285 Å². The van der Waals surface area contributed by atoms with Crippen LogP contribution in [0.5, 0.6) is 0 Å². The summed E-state index contributed by atoms with van der Waals surface area (Å²) in [4.78, 5) is 69.5. The smallest absolute Gasteiger partial charge is 0.224 e. The molecule has 11 nitrogen and oxygen atoms in total. The van der Waals surface area contributed by atoms with Gasteiger partial charge in [0.25, 0.3) is 0 Å². The zero-order chi connectivity index (χ0) is 35.5. The molecular formula is C37H54N6O5. The number of nitrogens with two attached hydrogens (primary N) is 2. The lowest BCUT2D eigenvalue weighted by Gasteiger charge is -2.24. The molecule has 0 aliphatic rings. The van der Waals surface area contributed by atoms with Crippen molar-refractivity contribution in [3.63, 3.8) is 0 Å². The third-order valence-corrected chi connectivity index (χ3v) is 8.35. The fourth-order valence-electron chi connectivity index (χ4n) is 5.61. The number of Topliss-reactive ketones (excluding diaryl/α,β-unsaturated/α-hetero) is 2. The van der Waals surface area contributed by atoms with Crippen LogP contribution in [0.25, 0.3) is 0 Å². The minimum absolute atomic E-state index is 0.0797. The number of nitrogens with one attached hydrogen (secondary N) is 3. The number of ketones is 2. The molecule has 0 radical (unpaired) electrons. The van der Waals surface area contributed by atoms with Gasteiger partial charge in [0, 0.05) is 44.2 Å². The summed E-state index contributed by atoms with van der Waals surface area (Å²) in [5.74, 6) is -3.16. The molecule has 4 atom stereocenters. The van der Waals surface area contributed by atoms with Gasteiger partial charge in [0.05, 0.1) is 12.6 Å². The van der Waals surface area contributed by atoms with Gasteiger partial charge in [-0.05, 0) is 55.6 Å². The van der Waals surface area contributed by atoms with E-state index in [0.29, 0.717) is 38.6 Å². The van der Waals surface area contributed by atoms with Crippen LogP contribution in [0.4, 0.5) is 0 Å². The molecule has 0 saturated carbocycles. The van der Waals surface area contributed by atoms with Crippen LogP contribution in [0.3, 0.4) is 0 Å².